The fraction of sp³-hybridized carbons (Fsp3) is 0.571. The van der Waals surface area contributed by atoms with Gasteiger partial charge in [0.25, 0.3) is 5.91 Å². The summed E-state index contributed by atoms with van der Waals surface area (Å²) in [5.74, 6) is 0.678. The highest BCUT2D eigenvalue weighted by molar-refractivity contribution is 8.44. The van der Waals surface area contributed by atoms with Crippen molar-refractivity contribution in [3.63, 3.8) is 0 Å². The van der Waals surface area contributed by atoms with Crippen LogP contribution in [0.5, 0.6) is 0 Å². The van der Waals surface area contributed by atoms with Crippen LogP contribution in [0.3, 0.4) is 0 Å². The van der Waals surface area contributed by atoms with Gasteiger partial charge in [-0.2, -0.15) is 10.0 Å². The molecule has 1 aliphatic carbocycles. The molecule has 1 aromatic rings. The van der Waals surface area contributed by atoms with Crippen molar-refractivity contribution in [2.45, 2.75) is 69.9 Å². The van der Waals surface area contributed by atoms with Crippen LogP contribution in [0.15, 0.2) is 47.4 Å². The molecule has 5 nitrogen and oxygen atoms in total. The van der Waals surface area contributed by atoms with Crippen LogP contribution >= 0.6 is 10.0 Å². The number of ether oxygens (including phenoxy) is 1. The molecule has 0 spiro atoms. The number of carbonyl (C=O) groups is 2. The van der Waals surface area contributed by atoms with Crippen molar-refractivity contribution in [2.24, 2.45) is 0 Å². The zero-order valence-corrected chi connectivity index (χ0v) is 21.8. The van der Waals surface area contributed by atoms with E-state index >= 15 is 0 Å². The molecule has 1 aromatic carbocycles. The number of nitrogens with one attached hydrogen (secondary N) is 1. The van der Waals surface area contributed by atoms with Gasteiger partial charge in [-0.1, -0.05) is 62.4 Å². The van der Waals surface area contributed by atoms with Crippen LogP contribution in [0, 0.1) is 0 Å². The number of methoxy groups -OCH3 is 1. The summed E-state index contributed by atoms with van der Waals surface area (Å²) in [6.45, 7) is 3.08. The number of allylic oxidation sites excluding steroid dienone is 2. The highest BCUT2D eigenvalue weighted by atomic mass is 32.3. The van der Waals surface area contributed by atoms with Crippen molar-refractivity contribution in [3.8, 4) is 0 Å². The number of amides is 2. The molecular weight excluding hydrogens is 444 g/mol. The van der Waals surface area contributed by atoms with Crippen LogP contribution in [-0.4, -0.2) is 60.6 Å². The molecule has 1 N–H and O–H groups in total. The van der Waals surface area contributed by atoms with Crippen LogP contribution in [0.4, 0.5) is 0 Å². The third-order valence-electron chi connectivity index (χ3n) is 7.70. The van der Waals surface area contributed by atoms with E-state index in [2.05, 4.69) is 29.8 Å². The predicted molar refractivity (Wildman–Crippen MR) is 142 cm³/mol. The summed E-state index contributed by atoms with van der Waals surface area (Å²) in [6, 6.07) is 10.5. The Morgan fingerprint density at radius 3 is 2.41 bits per heavy atom. The molecule has 1 saturated carbocycles. The second-order valence-electron chi connectivity index (χ2n) is 10.3. The monoisotopic (exact) mass is 484 g/mol. The molecule has 34 heavy (non-hydrogen) atoms. The quantitative estimate of drug-likeness (QED) is 0.540. The summed E-state index contributed by atoms with van der Waals surface area (Å²) in [6.07, 6.45) is 15.2. The highest BCUT2D eigenvalue weighted by Crippen LogP contribution is 2.69. The molecule has 0 radical (unpaired) electrons. The average Bonchev–Trinajstić information content (AvgIpc) is 3.14. The standard InChI is InChI=1S/C28H40N2O3S/c1-28(27(32)29-23-15-10-5-4-6-11-16-23)21-34(3)24(22-13-8-7-9-14-22)17-18-25(34)26(31)30(28)19-12-20-33-2/h7-9,13-14,17-18,23H,4-6,10-12,15-16,19-21H2,1-3H3,(H,29,32). The van der Waals surface area contributed by atoms with E-state index in [1.54, 1.807) is 7.11 Å². The first-order valence-corrected chi connectivity index (χ1v) is 15.0. The second kappa shape index (κ2) is 10.7. The number of nitrogens with zero attached hydrogens (tertiary/aromatic N) is 1. The fourth-order valence-electron chi connectivity index (χ4n) is 5.79. The molecule has 186 valence electrons. The van der Waals surface area contributed by atoms with Crippen molar-refractivity contribution in [1.29, 1.82) is 0 Å². The minimum Gasteiger partial charge on any atom is -0.385 e. The van der Waals surface area contributed by atoms with Gasteiger partial charge >= 0.3 is 0 Å². The Kier molecular flexibility index (Phi) is 7.88. The summed E-state index contributed by atoms with van der Waals surface area (Å²) in [4.78, 5) is 31.8. The Balaban J connectivity index is 1.64. The molecule has 2 fully saturated rings. The topological polar surface area (TPSA) is 58.6 Å². The van der Waals surface area contributed by atoms with Gasteiger partial charge in [0.2, 0.25) is 5.91 Å². The molecule has 2 heterocycles. The molecule has 2 unspecified atom stereocenters. The Hall–Kier alpha value is -2.05. The minimum absolute atomic E-state index is 0.0101. The van der Waals surface area contributed by atoms with Gasteiger partial charge in [0.1, 0.15) is 5.54 Å². The highest BCUT2D eigenvalue weighted by Gasteiger charge is 2.55. The smallest absolute Gasteiger partial charge is 0.259 e. The normalized spacial score (nSPS) is 29.9. The summed E-state index contributed by atoms with van der Waals surface area (Å²) >= 11 is 0. The van der Waals surface area contributed by atoms with Gasteiger partial charge in [-0.15, -0.1) is 0 Å². The van der Waals surface area contributed by atoms with Gasteiger partial charge in [0.15, 0.2) is 0 Å². The lowest BCUT2D eigenvalue weighted by molar-refractivity contribution is -0.144. The average molecular weight is 485 g/mol. The molecule has 0 aromatic heterocycles. The summed E-state index contributed by atoms with van der Waals surface area (Å²) < 4.78 is 5.27. The minimum atomic E-state index is -1.62. The van der Waals surface area contributed by atoms with Crippen LogP contribution in [-0.2, 0) is 14.3 Å². The number of hydrogen-bond acceptors (Lipinski definition) is 3. The van der Waals surface area contributed by atoms with Gasteiger partial charge in [-0.25, -0.2) is 0 Å². The van der Waals surface area contributed by atoms with E-state index in [0.29, 0.717) is 25.3 Å². The molecule has 2 amide bonds. The van der Waals surface area contributed by atoms with Crippen LogP contribution < -0.4 is 5.32 Å². The third kappa shape index (κ3) is 4.85. The SMILES string of the molecule is COCCCN1C(=O)C2=CC=C(c3ccccc3)S2(C)CC1(C)C(=O)NC1CCCCCCC1. The number of carbonyl (C=O) groups excluding carboxylic acids is 2. The molecular formula is C28H40N2O3S. The lowest BCUT2D eigenvalue weighted by Crippen LogP contribution is -2.65. The summed E-state index contributed by atoms with van der Waals surface area (Å²) in [5, 5.41) is 3.40. The Bertz CT molecular complexity index is 952. The van der Waals surface area contributed by atoms with Gasteiger partial charge in [-0.05, 0) is 50.2 Å². The van der Waals surface area contributed by atoms with Crippen molar-refractivity contribution in [3.05, 3.63) is 53.0 Å². The maximum absolute atomic E-state index is 14.0. The molecule has 2 atom stereocenters. The molecule has 3 aliphatic rings. The van der Waals surface area contributed by atoms with E-state index < -0.39 is 15.6 Å². The van der Waals surface area contributed by atoms with E-state index in [9.17, 15) is 9.59 Å². The predicted octanol–water partition coefficient (Wildman–Crippen LogP) is 5.23. The van der Waals surface area contributed by atoms with Crippen LogP contribution in [0.2, 0.25) is 0 Å². The third-order valence-corrected chi connectivity index (χ3v) is 11.5. The Morgan fingerprint density at radius 2 is 1.74 bits per heavy atom. The van der Waals surface area contributed by atoms with E-state index in [4.69, 9.17) is 4.74 Å². The lowest BCUT2D eigenvalue weighted by Gasteiger charge is -2.54. The second-order valence-corrected chi connectivity index (χ2v) is 13.6. The first-order valence-electron chi connectivity index (χ1n) is 12.8. The fourth-order valence-corrected chi connectivity index (χ4v) is 9.64. The van der Waals surface area contributed by atoms with E-state index in [-0.39, 0.29) is 17.9 Å². The maximum atomic E-state index is 14.0. The molecule has 4 rings (SSSR count). The number of benzene rings is 1. The molecule has 1 saturated heterocycles. The Morgan fingerprint density at radius 1 is 1.09 bits per heavy atom. The Labute approximate surface area is 206 Å². The summed E-state index contributed by atoms with van der Waals surface area (Å²) in [7, 11) is 0.0561. The van der Waals surface area contributed by atoms with Crippen LogP contribution in [0.1, 0.15) is 63.9 Å². The first kappa shape index (κ1) is 25.1. The number of fused-ring (bicyclic) bond motifs is 1. The molecule has 2 aliphatic heterocycles. The molecule has 0 bridgehead atoms. The van der Waals surface area contributed by atoms with E-state index in [0.717, 1.165) is 36.2 Å². The van der Waals surface area contributed by atoms with Crippen molar-refractivity contribution in [1.82, 2.24) is 10.2 Å². The maximum Gasteiger partial charge on any atom is 0.259 e. The largest absolute Gasteiger partial charge is 0.385 e. The summed E-state index contributed by atoms with van der Waals surface area (Å²) in [5.41, 5.74) is 0.266. The van der Waals surface area contributed by atoms with Gasteiger partial charge in [0.05, 0.1) is 4.91 Å². The first-order chi connectivity index (χ1) is 16.4. The zero-order valence-electron chi connectivity index (χ0n) is 21.0. The van der Waals surface area contributed by atoms with Crippen molar-refractivity contribution in [2.75, 3.05) is 32.3 Å². The van der Waals surface area contributed by atoms with E-state index in [1.807, 2.05) is 36.1 Å². The van der Waals surface area contributed by atoms with Gasteiger partial charge < -0.3 is 15.0 Å². The van der Waals surface area contributed by atoms with Gasteiger partial charge in [0, 0.05) is 37.0 Å². The zero-order chi connectivity index (χ0) is 24.2. The lowest BCUT2D eigenvalue weighted by atomic mass is 9.94. The van der Waals surface area contributed by atoms with Gasteiger partial charge in [-0.3, -0.25) is 9.59 Å². The number of rotatable bonds is 7. The van der Waals surface area contributed by atoms with E-state index in [1.165, 1.54) is 24.2 Å². The van der Waals surface area contributed by atoms with Crippen molar-refractivity contribution >= 4 is 26.7 Å². The molecule has 6 heteroatoms. The van der Waals surface area contributed by atoms with Crippen molar-refractivity contribution < 1.29 is 14.3 Å². The van der Waals surface area contributed by atoms with Crippen LogP contribution in [0.25, 0.3) is 4.91 Å². The number of hydrogen-bond donors (Lipinski definition) is 1.